The summed E-state index contributed by atoms with van der Waals surface area (Å²) in [7, 11) is 0. The molecular weight excluding hydrogens is 607 g/mol. The molecule has 11 heteroatoms. The summed E-state index contributed by atoms with van der Waals surface area (Å²) in [6.45, 7) is 0. The van der Waals surface area contributed by atoms with Crippen LogP contribution >= 0.6 is 46.3 Å². The standard InChI is InChI=1S/C31H22Cl2N6OS2/c32-24-10-11-27(33)23(16-24)17-26-18-35-30(42-26)36-29(40)22-8-6-20(7-9-22)19-41-31-38-37-28(21-12-14-34-15-13-21)39(31)25-4-2-1-3-5-25/h1-16,18H,17,19H2,(H,35,36,40). The Kier molecular flexibility index (Phi) is 8.62. The lowest BCUT2D eigenvalue weighted by atomic mass is 10.1. The van der Waals surface area contributed by atoms with Gasteiger partial charge < -0.3 is 0 Å². The molecular formula is C31H22Cl2N6OS2. The second kappa shape index (κ2) is 12.9. The van der Waals surface area contributed by atoms with E-state index in [1.807, 2.05) is 77.4 Å². The number of benzene rings is 3. The number of aromatic nitrogens is 5. The summed E-state index contributed by atoms with van der Waals surface area (Å²) in [5, 5.41) is 14.4. The molecule has 0 aliphatic rings. The van der Waals surface area contributed by atoms with Gasteiger partial charge in [-0.3, -0.25) is 19.7 Å². The van der Waals surface area contributed by atoms with E-state index in [1.54, 1.807) is 42.5 Å². The van der Waals surface area contributed by atoms with Crippen molar-refractivity contribution in [2.45, 2.75) is 17.3 Å². The van der Waals surface area contributed by atoms with Gasteiger partial charge in [-0.25, -0.2) is 4.98 Å². The Labute approximate surface area is 260 Å². The van der Waals surface area contributed by atoms with Gasteiger partial charge in [0.2, 0.25) is 0 Å². The Bertz CT molecular complexity index is 1830. The molecule has 0 unspecified atom stereocenters. The van der Waals surface area contributed by atoms with Gasteiger partial charge in [-0.2, -0.15) is 0 Å². The van der Waals surface area contributed by atoms with Gasteiger partial charge in [0.25, 0.3) is 5.91 Å². The number of hydrogen-bond donors (Lipinski definition) is 1. The van der Waals surface area contributed by atoms with Gasteiger partial charge >= 0.3 is 0 Å². The fourth-order valence-electron chi connectivity index (χ4n) is 4.24. The first kappa shape index (κ1) is 28.1. The van der Waals surface area contributed by atoms with Gasteiger partial charge in [-0.05, 0) is 65.7 Å². The van der Waals surface area contributed by atoms with Crippen molar-refractivity contribution < 1.29 is 4.79 Å². The third-order valence-corrected chi connectivity index (χ3v) is 8.83. The molecule has 0 radical (unpaired) electrons. The van der Waals surface area contributed by atoms with E-state index in [2.05, 4.69) is 25.5 Å². The number of hydrogen-bond acceptors (Lipinski definition) is 7. The van der Waals surface area contributed by atoms with Crippen molar-refractivity contribution in [2.24, 2.45) is 0 Å². The molecule has 0 aliphatic heterocycles. The molecule has 3 heterocycles. The summed E-state index contributed by atoms with van der Waals surface area (Å²) < 4.78 is 2.05. The Morgan fingerprint density at radius 3 is 2.50 bits per heavy atom. The van der Waals surface area contributed by atoms with Crippen LogP contribution in [0, 0.1) is 0 Å². The molecule has 0 atom stereocenters. The highest BCUT2D eigenvalue weighted by Crippen LogP contribution is 2.30. The molecule has 0 saturated carbocycles. The van der Waals surface area contributed by atoms with E-state index in [0.717, 1.165) is 38.2 Å². The van der Waals surface area contributed by atoms with Crippen molar-refractivity contribution in [3.63, 3.8) is 0 Å². The number of halogens is 2. The molecule has 1 N–H and O–H groups in total. The number of rotatable bonds is 9. The number of anilines is 1. The van der Waals surface area contributed by atoms with Crippen LogP contribution in [0.1, 0.15) is 26.4 Å². The Hall–Kier alpha value is -4.02. The second-order valence-electron chi connectivity index (χ2n) is 9.20. The molecule has 1 amide bonds. The number of carbonyl (C=O) groups is 1. The van der Waals surface area contributed by atoms with Gasteiger partial charge in [0.1, 0.15) is 0 Å². The second-order valence-corrected chi connectivity index (χ2v) is 12.1. The van der Waals surface area contributed by atoms with Crippen LogP contribution in [-0.4, -0.2) is 30.6 Å². The number of pyridine rings is 1. The minimum Gasteiger partial charge on any atom is -0.298 e. The first-order valence-electron chi connectivity index (χ1n) is 12.9. The Morgan fingerprint density at radius 1 is 0.929 bits per heavy atom. The van der Waals surface area contributed by atoms with Crippen molar-refractivity contribution in [1.29, 1.82) is 0 Å². The van der Waals surface area contributed by atoms with Crippen LogP contribution in [0.2, 0.25) is 10.0 Å². The zero-order chi connectivity index (χ0) is 28.9. The molecule has 42 heavy (non-hydrogen) atoms. The number of nitrogens with one attached hydrogen (secondary N) is 1. The maximum Gasteiger partial charge on any atom is 0.257 e. The molecule has 208 valence electrons. The molecule has 0 aliphatic carbocycles. The molecule has 3 aromatic heterocycles. The van der Waals surface area contributed by atoms with Gasteiger partial charge in [0.05, 0.1) is 0 Å². The molecule has 3 aromatic carbocycles. The fraction of sp³-hybridized carbons (Fsp3) is 0.0645. The average molecular weight is 630 g/mol. The van der Waals surface area contributed by atoms with Crippen molar-refractivity contribution in [3.8, 4) is 17.1 Å². The zero-order valence-corrected chi connectivity index (χ0v) is 25.1. The minimum absolute atomic E-state index is 0.221. The highest BCUT2D eigenvalue weighted by molar-refractivity contribution is 7.98. The van der Waals surface area contributed by atoms with E-state index in [9.17, 15) is 4.79 Å². The Balaban J connectivity index is 1.11. The number of nitrogens with zero attached hydrogens (tertiary/aromatic N) is 5. The summed E-state index contributed by atoms with van der Waals surface area (Å²) in [6.07, 6.45) is 5.82. The van der Waals surface area contributed by atoms with Crippen LogP contribution in [0.15, 0.2) is 109 Å². The van der Waals surface area contributed by atoms with E-state index in [-0.39, 0.29) is 5.91 Å². The van der Waals surface area contributed by atoms with Crippen molar-refractivity contribution in [3.05, 3.63) is 135 Å². The smallest absolute Gasteiger partial charge is 0.257 e. The van der Waals surface area contributed by atoms with Gasteiger partial charge in [-0.15, -0.1) is 21.5 Å². The Morgan fingerprint density at radius 2 is 1.71 bits per heavy atom. The largest absolute Gasteiger partial charge is 0.298 e. The highest BCUT2D eigenvalue weighted by Gasteiger charge is 2.17. The molecule has 0 fully saturated rings. The first-order chi connectivity index (χ1) is 20.5. The first-order valence-corrected chi connectivity index (χ1v) is 15.4. The van der Waals surface area contributed by atoms with Gasteiger partial charge in [-0.1, -0.05) is 65.3 Å². The number of para-hydroxylation sites is 1. The molecule has 0 spiro atoms. The van der Waals surface area contributed by atoms with Crippen LogP contribution < -0.4 is 5.32 Å². The fourth-order valence-corrected chi connectivity index (χ4v) is 6.36. The molecule has 6 rings (SSSR count). The minimum atomic E-state index is -0.221. The van der Waals surface area contributed by atoms with E-state index in [1.165, 1.54) is 11.3 Å². The van der Waals surface area contributed by atoms with Gasteiger partial charge in [0.15, 0.2) is 16.1 Å². The maximum atomic E-state index is 12.9. The summed E-state index contributed by atoms with van der Waals surface area (Å²) in [4.78, 5) is 22.3. The lowest BCUT2D eigenvalue weighted by molar-refractivity contribution is 0.102. The van der Waals surface area contributed by atoms with Crippen LogP contribution in [0.25, 0.3) is 17.1 Å². The van der Waals surface area contributed by atoms with Crippen LogP contribution in [0.4, 0.5) is 5.13 Å². The zero-order valence-electron chi connectivity index (χ0n) is 21.9. The van der Waals surface area contributed by atoms with Crippen molar-refractivity contribution >= 4 is 57.3 Å². The van der Waals surface area contributed by atoms with Crippen LogP contribution in [0.5, 0.6) is 0 Å². The van der Waals surface area contributed by atoms with Crippen LogP contribution in [0.3, 0.4) is 0 Å². The summed E-state index contributed by atoms with van der Waals surface area (Å²) in [5.41, 5.74) is 4.43. The monoisotopic (exact) mass is 628 g/mol. The molecule has 7 nitrogen and oxygen atoms in total. The topological polar surface area (TPSA) is 85.6 Å². The number of carbonyl (C=O) groups excluding carboxylic acids is 1. The number of amides is 1. The summed E-state index contributed by atoms with van der Waals surface area (Å²) >= 11 is 15.4. The van der Waals surface area contributed by atoms with E-state index < -0.39 is 0 Å². The van der Waals surface area contributed by atoms with E-state index in [4.69, 9.17) is 23.2 Å². The summed E-state index contributed by atoms with van der Waals surface area (Å²) in [5.74, 6) is 1.19. The summed E-state index contributed by atoms with van der Waals surface area (Å²) in [6, 6.07) is 26.8. The van der Waals surface area contributed by atoms with Crippen molar-refractivity contribution in [1.82, 2.24) is 24.7 Å². The van der Waals surface area contributed by atoms with Crippen molar-refractivity contribution in [2.75, 3.05) is 5.32 Å². The molecule has 0 saturated heterocycles. The molecule has 0 bridgehead atoms. The van der Waals surface area contributed by atoms with E-state index in [0.29, 0.717) is 32.9 Å². The third-order valence-electron chi connectivity index (χ3n) is 6.32. The number of thioether (sulfide) groups is 1. The average Bonchev–Trinajstić information content (AvgIpc) is 3.66. The lowest BCUT2D eigenvalue weighted by Crippen LogP contribution is -2.11. The highest BCUT2D eigenvalue weighted by atomic mass is 35.5. The maximum absolute atomic E-state index is 12.9. The molecule has 6 aromatic rings. The lowest BCUT2D eigenvalue weighted by Gasteiger charge is -2.10. The quantitative estimate of drug-likeness (QED) is 0.162. The predicted molar refractivity (Wildman–Crippen MR) is 170 cm³/mol. The number of thiazole rings is 1. The normalized spacial score (nSPS) is 11.0. The predicted octanol–water partition coefficient (Wildman–Crippen LogP) is 8.23. The van der Waals surface area contributed by atoms with Crippen LogP contribution in [-0.2, 0) is 12.2 Å². The van der Waals surface area contributed by atoms with E-state index >= 15 is 0 Å². The SMILES string of the molecule is O=C(Nc1ncc(Cc2cc(Cl)ccc2Cl)s1)c1ccc(CSc2nnc(-c3ccncc3)n2-c2ccccc2)cc1. The third kappa shape index (κ3) is 6.55. The van der Waals surface area contributed by atoms with Gasteiger partial charge in [0, 0.05) is 62.5 Å².